The number of piperazine rings is 1. The maximum Gasteiger partial charge on any atom is 0.252 e. The average Bonchev–Trinajstić information content (AvgIpc) is 3.27. The molecule has 0 atom stereocenters. The molecule has 1 saturated heterocycles. The lowest BCUT2D eigenvalue weighted by molar-refractivity contribution is 0.0964. The fraction of sp³-hybridized carbons (Fsp3) is 0.450. The number of aryl methyl sites for hydroxylation is 2. The van der Waals surface area contributed by atoms with Crippen LogP contribution in [0.25, 0.3) is 5.78 Å². The molecule has 0 aliphatic carbocycles. The number of ether oxygens (including phenoxy) is 2. The van der Waals surface area contributed by atoms with Crippen LogP contribution in [0.2, 0.25) is 0 Å². The third-order valence-electron chi connectivity index (χ3n) is 5.52. The van der Waals surface area contributed by atoms with Gasteiger partial charge in [0.15, 0.2) is 11.5 Å². The molecule has 0 amide bonds. The molecule has 0 saturated carbocycles. The van der Waals surface area contributed by atoms with Gasteiger partial charge in [-0.2, -0.15) is 4.98 Å². The van der Waals surface area contributed by atoms with E-state index in [0.29, 0.717) is 17.3 Å². The maximum atomic E-state index is 5.51. The second-order valence-corrected chi connectivity index (χ2v) is 8.03. The number of nitrogens with zero attached hydrogens (tertiary/aromatic N) is 6. The molecular weight excluding hydrogens is 388 g/mol. The van der Waals surface area contributed by atoms with Gasteiger partial charge in [-0.25, -0.2) is 14.2 Å². The molecule has 2 aliphatic rings. The minimum absolute atomic E-state index is 0.317. The van der Waals surface area contributed by atoms with E-state index in [1.165, 1.54) is 5.56 Å². The summed E-state index contributed by atoms with van der Waals surface area (Å²) in [6, 6.07) is 8.27. The molecule has 0 unspecified atom stereocenters. The summed E-state index contributed by atoms with van der Waals surface area (Å²) in [5.74, 6) is 2.36. The van der Waals surface area contributed by atoms with Crippen LogP contribution in [0.5, 0.6) is 11.5 Å². The van der Waals surface area contributed by atoms with Crippen molar-refractivity contribution in [3.05, 3.63) is 46.0 Å². The first-order chi connectivity index (χ1) is 14.1. The first-order valence-electron chi connectivity index (χ1n) is 9.84. The van der Waals surface area contributed by atoms with Gasteiger partial charge in [0.25, 0.3) is 5.78 Å². The number of hydrogen-bond acceptors (Lipinski definition) is 7. The molecule has 1 fully saturated rings. The van der Waals surface area contributed by atoms with Crippen molar-refractivity contribution in [3.8, 4) is 11.5 Å². The normalized spacial score (nSPS) is 17.3. The Hall–Kier alpha value is -2.49. The van der Waals surface area contributed by atoms with Gasteiger partial charge in [0.05, 0.1) is 6.67 Å². The van der Waals surface area contributed by atoms with E-state index < -0.39 is 0 Å². The van der Waals surface area contributed by atoms with Crippen LogP contribution in [0, 0.1) is 18.6 Å². The summed E-state index contributed by atoms with van der Waals surface area (Å²) in [4.78, 5) is 13.9. The van der Waals surface area contributed by atoms with E-state index in [9.17, 15) is 0 Å². The van der Waals surface area contributed by atoms with E-state index in [0.717, 1.165) is 62.3 Å². The molecule has 4 heterocycles. The first-order valence-corrected chi connectivity index (χ1v) is 10.2. The summed E-state index contributed by atoms with van der Waals surface area (Å²) in [5, 5.41) is 0. The predicted molar refractivity (Wildman–Crippen MR) is 111 cm³/mol. The van der Waals surface area contributed by atoms with Crippen molar-refractivity contribution >= 4 is 18.0 Å². The zero-order chi connectivity index (χ0) is 20.0. The van der Waals surface area contributed by atoms with E-state index in [4.69, 9.17) is 21.7 Å². The molecule has 29 heavy (non-hydrogen) atoms. The van der Waals surface area contributed by atoms with E-state index in [1.807, 2.05) is 22.2 Å². The Kier molecular flexibility index (Phi) is 4.73. The largest absolute Gasteiger partial charge is 0.454 e. The fourth-order valence-corrected chi connectivity index (χ4v) is 4.28. The summed E-state index contributed by atoms with van der Waals surface area (Å²) < 4.78 is 15.5. The molecule has 2 aliphatic heterocycles. The molecule has 9 heteroatoms. The second kappa shape index (κ2) is 7.40. The highest BCUT2D eigenvalue weighted by Crippen LogP contribution is 2.32. The van der Waals surface area contributed by atoms with Crippen molar-refractivity contribution in [2.45, 2.75) is 27.1 Å². The Morgan fingerprint density at radius 1 is 0.966 bits per heavy atom. The molecule has 0 spiro atoms. The molecule has 1 aromatic carbocycles. The molecule has 0 bridgehead atoms. The Morgan fingerprint density at radius 3 is 2.55 bits per heavy atom. The first kappa shape index (κ1) is 18.5. The van der Waals surface area contributed by atoms with Gasteiger partial charge in [0, 0.05) is 44.1 Å². The third-order valence-corrected chi connectivity index (χ3v) is 5.82. The minimum Gasteiger partial charge on any atom is -0.454 e. The maximum absolute atomic E-state index is 5.51. The van der Waals surface area contributed by atoms with Crippen molar-refractivity contribution in [3.63, 3.8) is 0 Å². The lowest BCUT2D eigenvalue weighted by Crippen LogP contribution is -2.46. The van der Waals surface area contributed by atoms with E-state index in [1.54, 1.807) is 0 Å². The topological polar surface area (TPSA) is 60.1 Å². The van der Waals surface area contributed by atoms with Gasteiger partial charge >= 0.3 is 0 Å². The highest BCUT2D eigenvalue weighted by molar-refractivity contribution is 7.71. The molecule has 0 radical (unpaired) electrons. The van der Waals surface area contributed by atoms with Gasteiger partial charge in [-0.05, 0) is 49.8 Å². The standard InChI is InChI=1S/C20H24N6O2S/c1-14-9-15(2)26-19(21-14)22-20(29)25(26)12-24-7-5-23(6-8-24)11-16-3-4-17-18(10-16)28-13-27-17/h3-4,9-10H,5-8,11-13H2,1-2H3. The highest BCUT2D eigenvalue weighted by atomic mass is 32.1. The van der Waals surface area contributed by atoms with Gasteiger partial charge in [0.1, 0.15) is 0 Å². The van der Waals surface area contributed by atoms with Gasteiger partial charge in [-0.3, -0.25) is 9.80 Å². The summed E-state index contributed by atoms with van der Waals surface area (Å²) in [6.45, 7) is 9.99. The van der Waals surface area contributed by atoms with Gasteiger partial charge in [0.2, 0.25) is 11.6 Å². The minimum atomic E-state index is 0.317. The van der Waals surface area contributed by atoms with Gasteiger partial charge in [-0.1, -0.05) is 6.07 Å². The van der Waals surface area contributed by atoms with Crippen LogP contribution < -0.4 is 9.47 Å². The monoisotopic (exact) mass is 412 g/mol. The number of benzene rings is 1. The lowest BCUT2D eigenvalue weighted by atomic mass is 10.1. The number of rotatable bonds is 4. The average molecular weight is 413 g/mol. The van der Waals surface area contributed by atoms with Crippen LogP contribution in [-0.2, 0) is 13.2 Å². The van der Waals surface area contributed by atoms with Crippen LogP contribution in [-0.4, -0.2) is 61.9 Å². The number of aromatic nitrogens is 4. The predicted octanol–water partition coefficient (Wildman–Crippen LogP) is 2.38. The smallest absolute Gasteiger partial charge is 0.252 e. The van der Waals surface area contributed by atoms with Crippen molar-refractivity contribution in [1.29, 1.82) is 0 Å². The van der Waals surface area contributed by atoms with Crippen LogP contribution >= 0.6 is 12.2 Å². The molecule has 0 N–H and O–H groups in total. The summed E-state index contributed by atoms with van der Waals surface area (Å²) in [5.41, 5.74) is 3.31. The Morgan fingerprint density at radius 2 is 1.72 bits per heavy atom. The quantitative estimate of drug-likeness (QED) is 0.610. The van der Waals surface area contributed by atoms with E-state index in [2.05, 4.69) is 44.9 Å². The summed E-state index contributed by atoms with van der Waals surface area (Å²) in [7, 11) is 0. The van der Waals surface area contributed by atoms with Crippen molar-refractivity contribution in [2.75, 3.05) is 33.0 Å². The van der Waals surface area contributed by atoms with Crippen LogP contribution in [0.4, 0.5) is 0 Å². The molecule has 3 aromatic rings. The third kappa shape index (κ3) is 3.61. The molecule has 5 rings (SSSR count). The SMILES string of the molecule is Cc1cc(C)n2c(n1)nc(=S)n2CN1CCN(Cc2ccc3c(c2)OCO3)CC1. The number of hydrogen-bond donors (Lipinski definition) is 0. The van der Waals surface area contributed by atoms with Crippen molar-refractivity contribution < 1.29 is 9.47 Å². The highest BCUT2D eigenvalue weighted by Gasteiger charge is 2.20. The zero-order valence-corrected chi connectivity index (χ0v) is 17.5. The van der Waals surface area contributed by atoms with E-state index in [-0.39, 0.29) is 0 Å². The second-order valence-electron chi connectivity index (χ2n) is 7.67. The summed E-state index contributed by atoms with van der Waals surface area (Å²) in [6.07, 6.45) is 0. The zero-order valence-electron chi connectivity index (χ0n) is 16.7. The van der Waals surface area contributed by atoms with Gasteiger partial charge < -0.3 is 9.47 Å². The molecular formula is C20H24N6O2S. The van der Waals surface area contributed by atoms with Gasteiger partial charge in [-0.15, -0.1) is 0 Å². The molecule has 8 nitrogen and oxygen atoms in total. The Balaban J connectivity index is 1.24. The number of fused-ring (bicyclic) bond motifs is 2. The van der Waals surface area contributed by atoms with Crippen molar-refractivity contribution in [1.82, 2.24) is 29.0 Å². The molecule has 2 aromatic heterocycles. The van der Waals surface area contributed by atoms with Crippen LogP contribution in [0.1, 0.15) is 17.0 Å². The van der Waals surface area contributed by atoms with Crippen LogP contribution in [0.15, 0.2) is 24.3 Å². The van der Waals surface area contributed by atoms with Crippen molar-refractivity contribution in [2.24, 2.45) is 0 Å². The van der Waals surface area contributed by atoms with E-state index >= 15 is 0 Å². The van der Waals surface area contributed by atoms with Crippen LogP contribution in [0.3, 0.4) is 0 Å². The Bertz CT molecular complexity index is 1120. The Labute approximate surface area is 174 Å². The fourth-order valence-electron chi connectivity index (χ4n) is 4.06. The summed E-state index contributed by atoms with van der Waals surface area (Å²) >= 11 is 5.51. The lowest BCUT2D eigenvalue weighted by Gasteiger charge is -2.34. The molecule has 152 valence electrons.